The molecule has 55 heavy (non-hydrogen) atoms. The minimum absolute atomic E-state index is 0.0249. The maximum Gasteiger partial charge on any atom is 0.255 e. The van der Waals surface area contributed by atoms with Crippen molar-refractivity contribution < 1.29 is 23.5 Å². The number of hydrogen-bond donors (Lipinski definition) is 2. The standard InChI is InChI=1S/C39H38ClN9O6/c40-27-2-1-3-29-33(27)35(51)34-30(55-29)17-31(36(41)45-34)54-25-18-42-39(43-19-25)48-14-12-46(13-15-48)20-22-8-10-47(11-9-22)24-5-4-23-21-49(38(53)26(23)16-24)28-6-7-32(50)44-37(28)52/h1-5,16-19,22,28H,6-15,20-21H2,(H2,41,45)(H,44,50,52). The van der Waals surface area contributed by atoms with Gasteiger partial charge >= 0.3 is 0 Å². The second-order valence-corrected chi connectivity index (χ2v) is 15.0. The van der Waals surface area contributed by atoms with Gasteiger partial charge in [-0.15, -0.1) is 0 Å². The van der Waals surface area contributed by atoms with Crippen molar-refractivity contribution in [3.05, 3.63) is 81.2 Å². The van der Waals surface area contributed by atoms with Gasteiger partial charge in [-0.2, -0.15) is 0 Å². The van der Waals surface area contributed by atoms with Crippen LogP contribution < -0.4 is 31.0 Å². The monoisotopic (exact) mass is 763 g/mol. The lowest BCUT2D eigenvalue weighted by molar-refractivity contribution is -0.136. The molecule has 3 amide bonds. The van der Waals surface area contributed by atoms with Gasteiger partial charge in [0.25, 0.3) is 5.91 Å². The average molecular weight is 764 g/mol. The molecule has 282 valence electrons. The van der Waals surface area contributed by atoms with Gasteiger partial charge in [-0.05, 0) is 55.0 Å². The van der Waals surface area contributed by atoms with E-state index in [4.69, 9.17) is 26.5 Å². The molecule has 3 aromatic heterocycles. The van der Waals surface area contributed by atoms with Crippen molar-refractivity contribution in [2.75, 3.05) is 61.3 Å². The predicted molar refractivity (Wildman–Crippen MR) is 205 cm³/mol. The highest BCUT2D eigenvalue weighted by Crippen LogP contribution is 2.34. The molecule has 0 radical (unpaired) electrons. The maximum absolute atomic E-state index is 13.3. The highest BCUT2D eigenvalue weighted by molar-refractivity contribution is 6.35. The van der Waals surface area contributed by atoms with E-state index in [1.54, 1.807) is 35.5 Å². The van der Waals surface area contributed by atoms with Gasteiger partial charge in [0, 0.05) is 76.1 Å². The molecule has 0 spiro atoms. The van der Waals surface area contributed by atoms with E-state index in [1.165, 1.54) is 6.07 Å². The number of pyridine rings is 1. The summed E-state index contributed by atoms with van der Waals surface area (Å²) >= 11 is 6.23. The quantitative estimate of drug-likeness (QED) is 0.180. The number of imide groups is 1. The number of piperazine rings is 1. The van der Waals surface area contributed by atoms with Gasteiger partial charge in [-0.25, -0.2) is 15.0 Å². The number of anilines is 3. The number of hydrogen-bond acceptors (Lipinski definition) is 13. The first-order valence-corrected chi connectivity index (χ1v) is 18.9. The summed E-state index contributed by atoms with van der Waals surface area (Å²) in [6, 6.07) is 12.0. The first-order chi connectivity index (χ1) is 26.7. The van der Waals surface area contributed by atoms with Crippen LogP contribution in [0.4, 0.5) is 17.5 Å². The number of nitrogens with one attached hydrogen (secondary N) is 1. The van der Waals surface area contributed by atoms with E-state index in [0.717, 1.165) is 69.9 Å². The second kappa shape index (κ2) is 14.1. The summed E-state index contributed by atoms with van der Waals surface area (Å²) in [6.45, 7) is 6.66. The number of rotatable bonds is 7. The third-order valence-corrected chi connectivity index (χ3v) is 11.4. The first-order valence-electron chi connectivity index (χ1n) is 18.5. The molecule has 0 bridgehead atoms. The summed E-state index contributed by atoms with van der Waals surface area (Å²) < 4.78 is 11.9. The fourth-order valence-electron chi connectivity index (χ4n) is 8.12. The van der Waals surface area contributed by atoms with Crippen LogP contribution in [-0.4, -0.2) is 94.3 Å². The zero-order chi connectivity index (χ0) is 37.8. The molecule has 3 fully saturated rings. The summed E-state index contributed by atoms with van der Waals surface area (Å²) in [6.07, 6.45) is 5.91. The van der Waals surface area contributed by atoms with E-state index < -0.39 is 11.9 Å². The van der Waals surface area contributed by atoms with Gasteiger partial charge in [0.1, 0.15) is 11.6 Å². The lowest BCUT2D eigenvalue weighted by Gasteiger charge is -2.39. The largest absolute Gasteiger partial charge is 0.454 e. The van der Waals surface area contributed by atoms with Crippen LogP contribution in [-0.2, 0) is 16.1 Å². The zero-order valence-electron chi connectivity index (χ0n) is 29.9. The van der Waals surface area contributed by atoms with E-state index in [1.807, 2.05) is 12.1 Å². The van der Waals surface area contributed by atoms with Gasteiger partial charge in [0.05, 0.1) is 22.8 Å². The smallest absolute Gasteiger partial charge is 0.255 e. The Balaban J connectivity index is 0.760. The molecular formula is C39H38ClN9O6. The molecule has 3 N–H and O–H groups in total. The molecule has 1 atom stereocenters. The number of benzene rings is 2. The number of carbonyl (C=O) groups excluding carboxylic acids is 3. The fraction of sp³-hybridized carbons (Fsp3) is 0.359. The Morgan fingerprint density at radius 1 is 0.909 bits per heavy atom. The number of piperidine rings is 2. The van der Waals surface area contributed by atoms with Gasteiger partial charge in [0.2, 0.25) is 23.2 Å². The molecule has 9 rings (SSSR count). The Hall–Kier alpha value is -5.80. The van der Waals surface area contributed by atoms with Crippen LogP contribution in [0.15, 0.2) is 64.1 Å². The molecule has 3 saturated heterocycles. The number of nitrogen functional groups attached to an aromatic ring is 1. The normalized spacial score (nSPS) is 19.7. The van der Waals surface area contributed by atoms with Crippen molar-refractivity contribution >= 4 is 68.8 Å². The number of ether oxygens (including phenoxy) is 1. The van der Waals surface area contributed by atoms with Crippen LogP contribution in [0, 0.1) is 5.92 Å². The van der Waals surface area contributed by atoms with Crippen molar-refractivity contribution in [2.24, 2.45) is 5.92 Å². The SMILES string of the molecule is Nc1nc2c(=O)c3c(Cl)cccc3oc2cc1Oc1cnc(N2CCN(CC3CCN(c4ccc5c(c4)C(=O)N(C4CCC(=O)NC4=O)C5)CC3)CC2)nc1. The Bertz CT molecular complexity index is 2410. The number of nitrogens with zero attached hydrogens (tertiary/aromatic N) is 7. The van der Waals surface area contributed by atoms with E-state index in [9.17, 15) is 19.2 Å². The second-order valence-electron chi connectivity index (χ2n) is 14.5. The Kier molecular flexibility index (Phi) is 8.97. The van der Waals surface area contributed by atoms with Crippen LogP contribution in [0.2, 0.25) is 5.02 Å². The van der Waals surface area contributed by atoms with Crippen LogP contribution in [0.1, 0.15) is 41.6 Å². The van der Waals surface area contributed by atoms with Crippen molar-refractivity contribution in [2.45, 2.75) is 38.3 Å². The van der Waals surface area contributed by atoms with Crippen molar-refractivity contribution in [3.63, 3.8) is 0 Å². The molecule has 0 aliphatic carbocycles. The van der Waals surface area contributed by atoms with E-state index in [-0.39, 0.29) is 56.7 Å². The molecule has 4 aliphatic heterocycles. The average Bonchev–Trinajstić information content (AvgIpc) is 3.51. The Morgan fingerprint density at radius 3 is 2.45 bits per heavy atom. The molecule has 15 nitrogen and oxygen atoms in total. The molecule has 7 heterocycles. The number of nitrogens with two attached hydrogens (primary N) is 1. The van der Waals surface area contributed by atoms with Crippen molar-refractivity contribution in [1.82, 2.24) is 30.1 Å². The summed E-state index contributed by atoms with van der Waals surface area (Å²) in [5.41, 5.74) is 9.04. The maximum atomic E-state index is 13.3. The van der Waals surface area contributed by atoms with Gasteiger partial charge in [-0.1, -0.05) is 23.7 Å². The molecule has 2 aromatic carbocycles. The van der Waals surface area contributed by atoms with E-state index in [2.05, 4.69) is 41.0 Å². The number of aromatic nitrogens is 3. The highest BCUT2D eigenvalue weighted by atomic mass is 35.5. The Labute approximate surface area is 320 Å². The number of carbonyl (C=O) groups is 3. The molecule has 0 saturated carbocycles. The first kappa shape index (κ1) is 34.9. The van der Waals surface area contributed by atoms with Crippen molar-refractivity contribution in [3.8, 4) is 11.5 Å². The molecule has 16 heteroatoms. The van der Waals surface area contributed by atoms with Crippen LogP contribution in [0.25, 0.3) is 22.1 Å². The van der Waals surface area contributed by atoms with Gasteiger partial charge in [-0.3, -0.25) is 29.4 Å². The van der Waals surface area contributed by atoms with Gasteiger partial charge < -0.3 is 29.6 Å². The molecule has 5 aromatic rings. The van der Waals surface area contributed by atoms with E-state index >= 15 is 0 Å². The third-order valence-electron chi connectivity index (χ3n) is 11.1. The molecule has 4 aliphatic rings. The zero-order valence-corrected chi connectivity index (χ0v) is 30.6. The summed E-state index contributed by atoms with van der Waals surface area (Å²) in [4.78, 5) is 72.4. The Morgan fingerprint density at radius 2 is 1.69 bits per heavy atom. The lowest BCUT2D eigenvalue weighted by Crippen LogP contribution is -2.52. The van der Waals surface area contributed by atoms with Crippen LogP contribution in [0.5, 0.6) is 11.5 Å². The third kappa shape index (κ3) is 6.67. The summed E-state index contributed by atoms with van der Waals surface area (Å²) in [7, 11) is 0. The van der Waals surface area contributed by atoms with E-state index in [0.29, 0.717) is 41.7 Å². The minimum atomic E-state index is -0.608. The summed E-state index contributed by atoms with van der Waals surface area (Å²) in [5.74, 6) is 0.990. The topological polar surface area (TPSA) is 180 Å². The van der Waals surface area contributed by atoms with Crippen LogP contribution >= 0.6 is 11.6 Å². The van der Waals surface area contributed by atoms with Crippen LogP contribution in [0.3, 0.4) is 0 Å². The lowest BCUT2D eigenvalue weighted by atomic mass is 9.95. The predicted octanol–water partition coefficient (Wildman–Crippen LogP) is 3.96. The fourth-order valence-corrected chi connectivity index (χ4v) is 8.37. The number of fused-ring (bicyclic) bond motifs is 3. The highest BCUT2D eigenvalue weighted by Gasteiger charge is 2.39. The molecular weight excluding hydrogens is 726 g/mol. The van der Waals surface area contributed by atoms with Gasteiger partial charge in [0.15, 0.2) is 28.4 Å². The van der Waals surface area contributed by atoms with Crippen molar-refractivity contribution in [1.29, 1.82) is 0 Å². The summed E-state index contributed by atoms with van der Waals surface area (Å²) in [5, 5.41) is 2.90. The number of halogens is 1. The number of amides is 3. The molecule has 1 unspecified atom stereocenters. The minimum Gasteiger partial charge on any atom is -0.454 e.